The number of nitrogen functional groups attached to an aromatic ring is 2. The first kappa shape index (κ1) is 27.3. The highest BCUT2D eigenvalue weighted by Crippen LogP contribution is 2.30. The maximum absolute atomic E-state index is 12.6. The number of anilines is 2. The maximum atomic E-state index is 12.6. The number of benzene rings is 2. The lowest BCUT2D eigenvalue weighted by Gasteiger charge is -2.28. The average Bonchev–Trinajstić information content (AvgIpc) is 2.87. The zero-order valence-electron chi connectivity index (χ0n) is 21.4. The summed E-state index contributed by atoms with van der Waals surface area (Å²) in [7, 11) is 0. The number of nitrogens with two attached hydrogens (primary N) is 2. The van der Waals surface area contributed by atoms with Crippen LogP contribution in [0.4, 0.5) is 11.4 Å². The van der Waals surface area contributed by atoms with Gasteiger partial charge in [-0.15, -0.1) is 0 Å². The van der Waals surface area contributed by atoms with Gasteiger partial charge in [-0.1, -0.05) is 57.6 Å². The number of carbonyl (C=O) groups excluding carboxylic acids is 2. The minimum absolute atomic E-state index is 0.0125. The Bertz CT molecular complexity index is 988. The fourth-order valence-electron chi connectivity index (χ4n) is 4.72. The Kier molecular flexibility index (Phi) is 10.9. The fourth-order valence-corrected chi connectivity index (χ4v) is 4.72. The molecule has 0 aromatic heterocycles. The second kappa shape index (κ2) is 14.3. The highest BCUT2D eigenvalue weighted by Gasteiger charge is 2.24. The number of rotatable bonds is 12. The third-order valence-corrected chi connectivity index (χ3v) is 6.76. The molecule has 3 rings (SSSR count). The molecular weight excluding hydrogens is 452 g/mol. The summed E-state index contributed by atoms with van der Waals surface area (Å²) in [5, 5.41) is 0. The topological polar surface area (TPSA) is 105 Å². The van der Waals surface area contributed by atoms with E-state index in [1.54, 1.807) is 48.5 Å². The van der Waals surface area contributed by atoms with Crippen LogP contribution in [0.2, 0.25) is 0 Å². The molecule has 0 heterocycles. The van der Waals surface area contributed by atoms with Gasteiger partial charge in [-0.2, -0.15) is 0 Å². The molecule has 0 unspecified atom stereocenters. The van der Waals surface area contributed by atoms with Crippen molar-refractivity contribution < 1.29 is 19.1 Å². The summed E-state index contributed by atoms with van der Waals surface area (Å²) in [5.41, 5.74) is 14.6. The minimum Gasteiger partial charge on any atom is -0.459 e. The molecule has 2 aromatic rings. The zero-order chi connectivity index (χ0) is 25.8. The molecule has 0 bridgehead atoms. The summed E-state index contributed by atoms with van der Waals surface area (Å²) >= 11 is 0. The highest BCUT2D eigenvalue weighted by molar-refractivity contribution is 5.90. The first-order valence-electron chi connectivity index (χ1n) is 13.2. The quantitative estimate of drug-likeness (QED) is 0.148. The van der Waals surface area contributed by atoms with Crippen LogP contribution in [-0.4, -0.2) is 18.0 Å². The third kappa shape index (κ3) is 9.40. The van der Waals surface area contributed by atoms with Crippen LogP contribution < -0.4 is 11.5 Å². The van der Waals surface area contributed by atoms with E-state index in [-0.39, 0.29) is 18.7 Å². The molecule has 0 amide bonds. The molecule has 1 aliphatic carbocycles. The molecule has 0 spiro atoms. The molecule has 36 heavy (non-hydrogen) atoms. The van der Waals surface area contributed by atoms with Crippen LogP contribution in [0.5, 0.6) is 0 Å². The third-order valence-electron chi connectivity index (χ3n) is 6.76. The van der Waals surface area contributed by atoms with Crippen molar-refractivity contribution in [2.75, 3.05) is 11.5 Å². The Morgan fingerprint density at radius 3 is 2.25 bits per heavy atom. The number of esters is 2. The average molecular weight is 493 g/mol. The van der Waals surface area contributed by atoms with Gasteiger partial charge in [0.1, 0.15) is 12.7 Å². The molecule has 6 nitrogen and oxygen atoms in total. The summed E-state index contributed by atoms with van der Waals surface area (Å²) in [5.74, 6) is 0.0219. The summed E-state index contributed by atoms with van der Waals surface area (Å²) in [6.45, 7) is 2.33. The molecule has 194 valence electrons. The van der Waals surface area contributed by atoms with E-state index in [0.717, 1.165) is 42.7 Å². The van der Waals surface area contributed by atoms with Crippen LogP contribution in [0.1, 0.15) is 92.6 Å². The van der Waals surface area contributed by atoms with E-state index in [0.29, 0.717) is 16.9 Å². The van der Waals surface area contributed by atoms with Crippen molar-refractivity contribution >= 4 is 29.4 Å². The van der Waals surface area contributed by atoms with Crippen molar-refractivity contribution in [2.24, 2.45) is 5.92 Å². The molecule has 4 N–H and O–H groups in total. The number of ether oxygens (including phenoxy) is 2. The van der Waals surface area contributed by atoms with E-state index in [9.17, 15) is 9.59 Å². The highest BCUT2D eigenvalue weighted by atomic mass is 16.5. The Labute approximate surface area is 215 Å². The second-order valence-corrected chi connectivity index (χ2v) is 9.82. The van der Waals surface area contributed by atoms with Gasteiger partial charge in [0.2, 0.25) is 0 Å². The normalized spacial score (nSPS) is 17.7. The number of hydrogen-bond acceptors (Lipinski definition) is 6. The number of hydrogen-bond donors (Lipinski definition) is 2. The fraction of sp³-hybridized carbons (Fsp3) is 0.467. The van der Waals surface area contributed by atoms with Gasteiger partial charge in [-0.3, -0.25) is 0 Å². The van der Waals surface area contributed by atoms with E-state index >= 15 is 0 Å². The van der Waals surface area contributed by atoms with Gasteiger partial charge in [-0.05, 0) is 79.1 Å². The van der Waals surface area contributed by atoms with Crippen molar-refractivity contribution in [3.63, 3.8) is 0 Å². The maximum Gasteiger partial charge on any atom is 0.338 e. The SMILES string of the molecule is CCCCCCCC1CCC(OC(=O)c2ccc(/C=C/C(=O)OCc3cc(N)cc(N)c3)cc2)CC1. The van der Waals surface area contributed by atoms with Crippen molar-refractivity contribution in [3.8, 4) is 0 Å². The van der Waals surface area contributed by atoms with Crippen molar-refractivity contribution in [1.82, 2.24) is 0 Å². The van der Waals surface area contributed by atoms with Crippen LogP contribution in [0, 0.1) is 5.92 Å². The molecule has 0 radical (unpaired) electrons. The van der Waals surface area contributed by atoms with Crippen LogP contribution in [0.3, 0.4) is 0 Å². The van der Waals surface area contributed by atoms with Crippen molar-refractivity contribution in [3.05, 3.63) is 65.2 Å². The number of unbranched alkanes of at least 4 members (excludes halogenated alkanes) is 4. The van der Waals surface area contributed by atoms with E-state index in [1.165, 1.54) is 44.6 Å². The molecule has 0 atom stereocenters. The van der Waals surface area contributed by atoms with E-state index < -0.39 is 5.97 Å². The number of carbonyl (C=O) groups is 2. The van der Waals surface area contributed by atoms with Crippen LogP contribution in [0.25, 0.3) is 6.08 Å². The lowest BCUT2D eigenvalue weighted by atomic mass is 9.84. The van der Waals surface area contributed by atoms with Crippen LogP contribution in [0.15, 0.2) is 48.5 Å². The summed E-state index contributed by atoms with van der Waals surface area (Å²) in [4.78, 5) is 24.6. The molecular formula is C30H40N2O4. The Morgan fingerprint density at radius 2 is 1.58 bits per heavy atom. The first-order valence-corrected chi connectivity index (χ1v) is 13.2. The van der Waals surface area contributed by atoms with Crippen LogP contribution in [-0.2, 0) is 20.9 Å². The molecule has 6 heteroatoms. The van der Waals surface area contributed by atoms with Crippen molar-refractivity contribution in [1.29, 1.82) is 0 Å². The molecule has 0 aliphatic heterocycles. The molecule has 1 aliphatic rings. The van der Waals surface area contributed by atoms with Gasteiger partial charge in [0.15, 0.2) is 0 Å². The van der Waals surface area contributed by atoms with Crippen LogP contribution >= 0.6 is 0 Å². The standard InChI is InChI=1S/C30H40N2O4/c1-2-3-4-5-6-7-22-10-15-28(16-11-22)36-30(34)25-13-8-23(9-14-25)12-17-29(33)35-21-24-18-26(31)20-27(32)19-24/h8-9,12-14,17-20,22,28H,2-7,10-11,15-16,21,31-32H2,1H3/b17-12+. The predicted octanol–water partition coefficient (Wildman–Crippen LogP) is 6.68. The minimum atomic E-state index is -0.476. The van der Waals surface area contributed by atoms with Crippen molar-refractivity contribution in [2.45, 2.75) is 83.8 Å². The van der Waals surface area contributed by atoms with Gasteiger partial charge < -0.3 is 20.9 Å². The van der Waals surface area contributed by atoms with Gasteiger partial charge in [-0.25, -0.2) is 9.59 Å². The summed E-state index contributed by atoms with van der Waals surface area (Å²) < 4.78 is 11.0. The zero-order valence-corrected chi connectivity index (χ0v) is 21.4. The second-order valence-electron chi connectivity index (χ2n) is 9.82. The lowest BCUT2D eigenvalue weighted by Crippen LogP contribution is -2.24. The molecule has 2 aromatic carbocycles. The lowest BCUT2D eigenvalue weighted by molar-refractivity contribution is -0.138. The summed E-state index contributed by atoms with van der Waals surface area (Å²) in [6, 6.07) is 12.1. The molecule has 1 fully saturated rings. The molecule has 0 saturated heterocycles. The molecule has 1 saturated carbocycles. The van der Waals surface area contributed by atoms with Gasteiger partial charge in [0.05, 0.1) is 5.56 Å². The summed E-state index contributed by atoms with van der Waals surface area (Å²) in [6.07, 6.45) is 15.2. The largest absolute Gasteiger partial charge is 0.459 e. The van der Waals surface area contributed by atoms with E-state index in [2.05, 4.69) is 6.92 Å². The monoisotopic (exact) mass is 492 g/mol. The first-order chi connectivity index (χ1) is 17.4. The Balaban J connectivity index is 1.38. The van der Waals surface area contributed by atoms with E-state index in [1.807, 2.05) is 0 Å². The Morgan fingerprint density at radius 1 is 0.917 bits per heavy atom. The van der Waals surface area contributed by atoms with Gasteiger partial charge in [0.25, 0.3) is 0 Å². The van der Waals surface area contributed by atoms with E-state index in [4.69, 9.17) is 20.9 Å². The van der Waals surface area contributed by atoms with Gasteiger partial charge in [0, 0.05) is 17.5 Å². The van der Waals surface area contributed by atoms with Gasteiger partial charge >= 0.3 is 11.9 Å². The predicted molar refractivity (Wildman–Crippen MR) is 145 cm³/mol. The smallest absolute Gasteiger partial charge is 0.338 e. The Hall–Kier alpha value is -3.28.